The van der Waals surface area contributed by atoms with Gasteiger partial charge in [0.1, 0.15) is 12.4 Å². The Morgan fingerprint density at radius 3 is 2.50 bits per heavy atom. The fourth-order valence-corrected chi connectivity index (χ4v) is 2.46. The largest absolute Gasteiger partial charge is 0.314 e. The summed E-state index contributed by atoms with van der Waals surface area (Å²) in [7, 11) is 0. The molecule has 0 saturated carbocycles. The van der Waals surface area contributed by atoms with Crippen molar-refractivity contribution >= 4 is 11.0 Å². The van der Waals surface area contributed by atoms with Gasteiger partial charge in [-0.2, -0.15) is 5.26 Å². The van der Waals surface area contributed by atoms with Crippen LogP contribution in [0.15, 0.2) is 54.6 Å². The highest BCUT2D eigenvalue weighted by Gasteiger charge is 2.09. The van der Waals surface area contributed by atoms with Gasteiger partial charge in [-0.3, -0.25) is 0 Å². The minimum atomic E-state index is 0.352. The van der Waals surface area contributed by atoms with Crippen molar-refractivity contribution in [2.45, 2.75) is 19.4 Å². The Bertz CT molecular complexity index is 751. The van der Waals surface area contributed by atoms with Crippen LogP contribution in [0.25, 0.3) is 11.0 Å². The van der Waals surface area contributed by atoms with E-state index >= 15 is 0 Å². The second kappa shape index (κ2) is 5.58. The average Bonchev–Trinajstić information content (AvgIpc) is 2.85. The van der Waals surface area contributed by atoms with Crippen molar-refractivity contribution in [3.63, 3.8) is 0 Å². The van der Waals surface area contributed by atoms with E-state index < -0.39 is 0 Å². The number of nitriles is 1. The average molecular weight is 261 g/mol. The van der Waals surface area contributed by atoms with Crippen molar-refractivity contribution in [1.82, 2.24) is 9.55 Å². The Labute approximate surface area is 118 Å². The molecule has 3 rings (SSSR count). The predicted octanol–water partition coefficient (Wildman–Crippen LogP) is 3.35. The van der Waals surface area contributed by atoms with Crippen molar-refractivity contribution in [2.24, 2.45) is 0 Å². The van der Waals surface area contributed by atoms with E-state index in [1.54, 1.807) is 0 Å². The lowest BCUT2D eigenvalue weighted by atomic mass is 10.1. The van der Waals surface area contributed by atoms with E-state index in [0.717, 1.165) is 29.7 Å². The lowest BCUT2D eigenvalue weighted by molar-refractivity contribution is 0.748. The normalized spacial score (nSPS) is 10.6. The van der Waals surface area contributed by atoms with Gasteiger partial charge in [0.2, 0.25) is 0 Å². The summed E-state index contributed by atoms with van der Waals surface area (Å²) in [6.07, 6.45) is 1.79. The Hall–Kier alpha value is -2.60. The highest BCUT2D eigenvalue weighted by Crippen LogP contribution is 2.17. The second-order valence-electron chi connectivity index (χ2n) is 4.75. The molecule has 0 fully saturated rings. The SMILES string of the molecule is N#CCn1c(CCc2ccccc2)nc2ccccc21. The first-order valence-electron chi connectivity index (χ1n) is 6.73. The highest BCUT2D eigenvalue weighted by molar-refractivity contribution is 5.76. The fourth-order valence-electron chi connectivity index (χ4n) is 2.46. The Kier molecular flexibility index (Phi) is 3.47. The molecular weight excluding hydrogens is 246 g/mol. The highest BCUT2D eigenvalue weighted by atomic mass is 15.1. The fraction of sp³-hybridized carbons (Fsp3) is 0.176. The first-order chi connectivity index (χ1) is 9.88. The van der Waals surface area contributed by atoms with Crippen LogP contribution in [0.2, 0.25) is 0 Å². The van der Waals surface area contributed by atoms with Crippen molar-refractivity contribution in [3.05, 3.63) is 66.0 Å². The molecule has 0 amide bonds. The van der Waals surface area contributed by atoms with E-state index in [4.69, 9.17) is 5.26 Å². The molecular formula is C17H15N3. The van der Waals surface area contributed by atoms with Crippen LogP contribution in [0.3, 0.4) is 0 Å². The summed E-state index contributed by atoms with van der Waals surface area (Å²) in [6, 6.07) is 20.6. The van der Waals surface area contributed by atoms with Gasteiger partial charge in [0.05, 0.1) is 17.1 Å². The summed E-state index contributed by atoms with van der Waals surface area (Å²) in [5, 5.41) is 9.01. The third kappa shape index (κ3) is 2.41. The topological polar surface area (TPSA) is 41.6 Å². The molecule has 3 aromatic rings. The molecule has 0 aliphatic rings. The van der Waals surface area contributed by atoms with Crippen LogP contribution in [0.4, 0.5) is 0 Å². The van der Waals surface area contributed by atoms with Crippen LogP contribution in [0.1, 0.15) is 11.4 Å². The van der Waals surface area contributed by atoms with Crippen LogP contribution in [-0.2, 0) is 19.4 Å². The zero-order valence-corrected chi connectivity index (χ0v) is 11.2. The second-order valence-corrected chi connectivity index (χ2v) is 4.75. The Morgan fingerprint density at radius 1 is 0.950 bits per heavy atom. The summed E-state index contributed by atoms with van der Waals surface area (Å²) in [4.78, 5) is 4.66. The zero-order valence-electron chi connectivity index (χ0n) is 11.2. The number of benzene rings is 2. The standard InChI is InChI=1S/C17H15N3/c18-12-13-20-16-9-5-4-8-15(16)19-17(20)11-10-14-6-2-1-3-7-14/h1-9H,10-11,13H2. The molecule has 3 heteroatoms. The van der Waals surface area contributed by atoms with Crippen LogP contribution >= 0.6 is 0 Å². The maximum Gasteiger partial charge on any atom is 0.111 e. The number of hydrogen-bond donors (Lipinski definition) is 0. The van der Waals surface area contributed by atoms with Gasteiger partial charge < -0.3 is 4.57 Å². The van der Waals surface area contributed by atoms with Crippen LogP contribution < -0.4 is 0 Å². The molecule has 0 bridgehead atoms. The molecule has 1 aromatic heterocycles. The molecule has 0 unspecified atom stereocenters. The summed E-state index contributed by atoms with van der Waals surface area (Å²) in [5.74, 6) is 0.983. The lowest BCUT2D eigenvalue weighted by Crippen LogP contribution is -2.04. The van der Waals surface area contributed by atoms with Crippen LogP contribution in [0.5, 0.6) is 0 Å². The Balaban J connectivity index is 1.91. The maximum atomic E-state index is 9.01. The van der Waals surface area contributed by atoms with Gasteiger partial charge in [-0.1, -0.05) is 42.5 Å². The Morgan fingerprint density at radius 2 is 1.70 bits per heavy atom. The van der Waals surface area contributed by atoms with E-state index in [1.165, 1.54) is 5.56 Å². The molecule has 1 heterocycles. The van der Waals surface area contributed by atoms with E-state index in [2.05, 4.69) is 23.2 Å². The quantitative estimate of drug-likeness (QED) is 0.722. The van der Waals surface area contributed by atoms with Gasteiger partial charge in [-0.25, -0.2) is 4.98 Å². The molecule has 0 aliphatic heterocycles. The van der Waals surface area contributed by atoms with Crippen LogP contribution in [-0.4, -0.2) is 9.55 Å². The number of fused-ring (bicyclic) bond motifs is 1. The first kappa shape index (κ1) is 12.4. The number of aryl methyl sites for hydroxylation is 2. The third-order valence-corrected chi connectivity index (χ3v) is 3.44. The molecule has 0 saturated heterocycles. The van der Waals surface area contributed by atoms with Gasteiger partial charge in [-0.15, -0.1) is 0 Å². The molecule has 0 spiro atoms. The number of aromatic nitrogens is 2. The molecule has 0 N–H and O–H groups in total. The lowest BCUT2D eigenvalue weighted by Gasteiger charge is -2.04. The number of para-hydroxylation sites is 2. The molecule has 0 radical (unpaired) electrons. The predicted molar refractivity (Wildman–Crippen MR) is 79.2 cm³/mol. The van der Waals surface area contributed by atoms with E-state index in [9.17, 15) is 0 Å². The van der Waals surface area contributed by atoms with Gasteiger partial charge in [-0.05, 0) is 24.1 Å². The number of nitrogens with zero attached hydrogens (tertiary/aromatic N) is 3. The van der Waals surface area contributed by atoms with E-state index in [-0.39, 0.29) is 0 Å². The zero-order chi connectivity index (χ0) is 13.8. The van der Waals surface area contributed by atoms with E-state index in [1.807, 2.05) is 47.0 Å². The first-order valence-corrected chi connectivity index (χ1v) is 6.73. The summed E-state index contributed by atoms with van der Waals surface area (Å²) < 4.78 is 2.01. The van der Waals surface area contributed by atoms with Gasteiger partial charge in [0, 0.05) is 6.42 Å². The molecule has 98 valence electrons. The number of hydrogen-bond acceptors (Lipinski definition) is 2. The number of imidazole rings is 1. The number of rotatable bonds is 4. The smallest absolute Gasteiger partial charge is 0.111 e. The molecule has 0 aliphatic carbocycles. The van der Waals surface area contributed by atoms with Gasteiger partial charge in [0.15, 0.2) is 0 Å². The maximum absolute atomic E-state index is 9.01. The van der Waals surface area contributed by atoms with Crippen molar-refractivity contribution in [3.8, 4) is 6.07 Å². The van der Waals surface area contributed by atoms with Crippen molar-refractivity contribution < 1.29 is 0 Å². The molecule has 20 heavy (non-hydrogen) atoms. The molecule has 2 aromatic carbocycles. The summed E-state index contributed by atoms with van der Waals surface area (Å²) in [6.45, 7) is 0.352. The summed E-state index contributed by atoms with van der Waals surface area (Å²) >= 11 is 0. The summed E-state index contributed by atoms with van der Waals surface area (Å²) in [5.41, 5.74) is 3.30. The van der Waals surface area contributed by atoms with Crippen molar-refractivity contribution in [1.29, 1.82) is 5.26 Å². The van der Waals surface area contributed by atoms with Gasteiger partial charge in [0.25, 0.3) is 0 Å². The molecule has 0 atom stereocenters. The van der Waals surface area contributed by atoms with Crippen LogP contribution in [0, 0.1) is 11.3 Å². The minimum absolute atomic E-state index is 0.352. The minimum Gasteiger partial charge on any atom is -0.314 e. The molecule has 3 nitrogen and oxygen atoms in total. The third-order valence-electron chi connectivity index (χ3n) is 3.44. The van der Waals surface area contributed by atoms with Crippen molar-refractivity contribution in [2.75, 3.05) is 0 Å². The van der Waals surface area contributed by atoms with Gasteiger partial charge >= 0.3 is 0 Å². The van der Waals surface area contributed by atoms with E-state index in [0.29, 0.717) is 6.54 Å². The monoisotopic (exact) mass is 261 g/mol.